The highest BCUT2D eigenvalue weighted by Gasteiger charge is 2.47. The summed E-state index contributed by atoms with van der Waals surface area (Å²) in [6, 6.07) is 8.84. The van der Waals surface area contributed by atoms with Crippen molar-refractivity contribution in [3.05, 3.63) is 42.1 Å². The number of likely N-dealkylation sites (tertiary alicyclic amines) is 2. The van der Waals surface area contributed by atoms with Crippen molar-refractivity contribution in [3.63, 3.8) is 0 Å². The molecule has 1 aromatic carbocycles. The molecule has 1 N–H and O–H groups in total. The van der Waals surface area contributed by atoms with Crippen LogP contribution in [0.5, 0.6) is 5.75 Å². The van der Waals surface area contributed by atoms with Crippen molar-refractivity contribution in [2.45, 2.75) is 70.3 Å². The molecule has 3 aliphatic rings. The van der Waals surface area contributed by atoms with Crippen LogP contribution < -0.4 is 15.0 Å². The SMILES string of the molecule is CCOc1ccccc1-c1ccc(N2CCN(C(=O)N3CCCC[C@H]3C(F)(F)F)C[C@H]2CC)c(C(=O)N[C@H]2CCN(C)C2)n1. The number of nitrogens with one attached hydrogen (secondary N) is 1. The highest BCUT2D eigenvalue weighted by Crippen LogP contribution is 2.35. The van der Waals surface area contributed by atoms with Crippen molar-refractivity contribution >= 4 is 17.6 Å². The molecule has 240 valence electrons. The molecular formula is C32H43F3N6O3. The number of hydrogen-bond donors (Lipinski definition) is 1. The minimum absolute atomic E-state index is 0.00378. The molecule has 0 bridgehead atoms. The third kappa shape index (κ3) is 6.90. The van der Waals surface area contributed by atoms with Crippen LogP contribution >= 0.6 is 0 Å². The van der Waals surface area contributed by atoms with Gasteiger partial charge in [-0.2, -0.15) is 13.2 Å². The average molecular weight is 617 g/mol. The van der Waals surface area contributed by atoms with Gasteiger partial charge in [-0.05, 0) is 76.9 Å². The number of benzene rings is 1. The predicted molar refractivity (Wildman–Crippen MR) is 163 cm³/mol. The normalized spacial score (nSPS) is 23.1. The number of piperazine rings is 1. The van der Waals surface area contributed by atoms with Crippen LogP contribution in [0.1, 0.15) is 56.4 Å². The lowest BCUT2D eigenvalue weighted by atomic mass is 10.0. The minimum atomic E-state index is -4.45. The molecule has 2 aromatic rings. The van der Waals surface area contributed by atoms with E-state index in [1.54, 1.807) is 4.90 Å². The Bertz CT molecular complexity index is 1320. The number of para-hydroxylation sites is 1. The van der Waals surface area contributed by atoms with Crippen molar-refractivity contribution < 1.29 is 27.5 Å². The number of halogens is 3. The van der Waals surface area contributed by atoms with E-state index in [9.17, 15) is 22.8 Å². The number of carbonyl (C=O) groups excluding carboxylic acids is 2. The second kappa shape index (κ2) is 13.6. The predicted octanol–water partition coefficient (Wildman–Crippen LogP) is 5.02. The highest BCUT2D eigenvalue weighted by atomic mass is 19.4. The zero-order chi connectivity index (χ0) is 31.4. The molecule has 3 atom stereocenters. The molecule has 3 fully saturated rings. The number of ether oxygens (including phenoxy) is 1. The first-order valence-corrected chi connectivity index (χ1v) is 15.7. The number of hydrogen-bond acceptors (Lipinski definition) is 6. The lowest BCUT2D eigenvalue weighted by Gasteiger charge is -2.46. The number of nitrogens with zero attached hydrogens (tertiary/aromatic N) is 5. The van der Waals surface area contributed by atoms with E-state index in [2.05, 4.69) is 15.1 Å². The standard InChI is InChI=1S/C32H43F3N6O3/c1-4-23-21-39(31(43)41-16-9-8-12-28(41)32(33,34)35)18-19-40(23)26-14-13-25(24-10-6-7-11-27(24)44-5-2)37-29(26)30(42)36-22-15-17-38(3)20-22/h6-7,10-11,13-14,22-23,28H,4-5,8-9,12,15-21H2,1-3H3,(H,36,42)/t22-,23+,28-/m0/s1. The number of likely N-dealkylation sites (N-methyl/N-ethyl adjacent to an activating group) is 1. The number of alkyl halides is 3. The van der Waals surface area contributed by atoms with Crippen LogP contribution in [-0.2, 0) is 0 Å². The fraction of sp³-hybridized carbons (Fsp3) is 0.594. The molecule has 4 heterocycles. The van der Waals surface area contributed by atoms with Gasteiger partial charge in [-0.15, -0.1) is 0 Å². The zero-order valence-electron chi connectivity index (χ0n) is 25.8. The smallest absolute Gasteiger partial charge is 0.408 e. The number of pyridine rings is 1. The first kappa shape index (κ1) is 31.9. The minimum Gasteiger partial charge on any atom is -0.493 e. The van der Waals surface area contributed by atoms with Crippen molar-refractivity contribution in [1.29, 1.82) is 0 Å². The maximum Gasteiger partial charge on any atom is 0.408 e. The summed E-state index contributed by atoms with van der Waals surface area (Å²) in [5.74, 6) is 0.401. The van der Waals surface area contributed by atoms with Crippen molar-refractivity contribution in [2.75, 3.05) is 57.8 Å². The number of carbonyl (C=O) groups is 2. The molecular weight excluding hydrogens is 573 g/mol. The van der Waals surface area contributed by atoms with Gasteiger partial charge in [0.25, 0.3) is 5.91 Å². The number of piperidine rings is 1. The average Bonchev–Trinajstić information content (AvgIpc) is 3.44. The molecule has 5 rings (SSSR count). The van der Waals surface area contributed by atoms with Crippen LogP contribution in [0, 0.1) is 0 Å². The van der Waals surface area contributed by atoms with Crippen LogP contribution in [0.2, 0.25) is 0 Å². The number of anilines is 1. The second-order valence-corrected chi connectivity index (χ2v) is 11.9. The lowest BCUT2D eigenvalue weighted by molar-refractivity contribution is -0.183. The van der Waals surface area contributed by atoms with E-state index < -0.39 is 18.2 Å². The van der Waals surface area contributed by atoms with Gasteiger partial charge in [0.2, 0.25) is 0 Å². The van der Waals surface area contributed by atoms with Crippen LogP contribution in [-0.4, -0.2) is 109 Å². The Kier molecular flexibility index (Phi) is 9.87. The fourth-order valence-corrected chi connectivity index (χ4v) is 6.64. The summed E-state index contributed by atoms with van der Waals surface area (Å²) < 4.78 is 47.2. The quantitative estimate of drug-likeness (QED) is 0.471. The van der Waals surface area contributed by atoms with E-state index in [4.69, 9.17) is 9.72 Å². The van der Waals surface area contributed by atoms with Crippen LogP contribution in [0.3, 0.4) is 0 Å². The summed E-state index contributed by atoms with van der Waals surface area (Å²) in [7, 11) is 2.02. The Morgan fingerprint density at radius 1 is 1.00 bits per heavy atom. The van der Waals surface area contributed by atoms with Gasteiger partial charge in [-0.3, -0.25) is 4.79 Å². The molecule has 0 unspecified atom stereocenters. The Morgan fingerprint density at radius 3 is 2.50 bits per heavy atom. The topological polar surface area (TPSA) is 81.2 Å². The third-order valence-electron chi connectivity index (χ3n) is 8.94. The number of amides is 3. The maximum atomic E-state index is 13.8. The molecule has 0 radical (unpaired) electrons. The summed E-state index contributed by atoms with van der Waals surface area (Å²) >= 11 is 0. The van der Waals surface area contributed by atoms with Crippen molar-refractivity contribution in [2.24, 2.45) is 0 Å². The first-order valence-electron chi connectivity index (χ1n) is 15.7. The van der Waals surface area contributed by atoms with Gasteiger partial charge in [0.1, 0.15) is 11.8 Å². The van der Waals surface area contributed by atoms with Gasteiger partial charge >= 0.3 is 12.2 Å². The van der Waals surface area contributed by atoms with Gasteiger partial charge < -0.3 is 29.7 Å². The number of aromatic nitrogens is 1. The molecule has 0 saturated carbocycles. The van der Waals surface area contributed by atoms with Gasteiger partial charge in [0.05, 0.1) is 18.0 Å². The van der Waals surface area contributed by atoms with E-state index in [0.717, 1.165) is 30.0 Å². The molecule has 1 aromatic heterocycles. The summed E-state index contributed by atoms with van der Waals surface area (Å²) in [4.78, 5) is 39.0. The summed E-state index contributed by atoms with van der Waals surface area (Å²) in [6.07, 6.45) is -2.01. The second-order valence-electron chi connectivity index (χ2n) is 11.9. The molecule has 44 heavy (non-hydrogen) atoms. The van der Waals surface area contributed by atoms with E-state index in [0.29, 0.717) is 49.5 Å². The van der Waals surface area contributed by atoms with Crippen molar-refractivity contribution in [1.82, 2.24) is 25.0 Å². The maximum absolute atomic E-state index is 13.8. The first-order chi connectivity index (χ1) is 21.1. The van der Waals surface area contributed by atoms with Gasteiger partial charge in [0.15, 0.2) is 5.69 Å². The molecule has 0 spiro atoms. The van der Waals surface area contributed by atoms with Crippen LogP contribution in [0.15, 0.2) is 36.4 Å². The van der Waals surface area contributed by atoms with E-state index in [1.165, 1.54) is 0 Å². The summed E-state index contributed by atoms with van der Waals surface area (Å²) in [6.45, 7) is 7.02. The molecule has 9 nitrogen and oxygen atoms in total. The van der Waals surface area contributed by atoms with E-state index in [-0.39, 0.29) is 49.7 Å². The Morgan fingerprint density at radius 2 is 1.80 bits per heavy atom. The third-order valence-corrected chi connectivity index (χ3v) is 8.94. The number of urea groups is 1. The highest BCUT2D eigenvalue weighted by molar-refractivity contribution is 5.99. The Hall–Kier alpha value is -3.54. The largest absolute Gasteiger partial charge is 0.493 e. The van der Waals surface area contributed by atoms with Crippen molar-refractivity contribution in [3.8, 4) is 17.0 Å². The molecule has 3 saturated heterocycles. The molecule has 3 amide bonds. The molecule has 12 heteroatoms. The summed E-state index contributed by atoms with van der Waals surface area (Å²) in [5.41, 5.74) is 2.32. The van der Waals surface area contributed by atoms with E-state index in [1.807, 2.05) is 57.3 Å². The van der Waals surface area contributed by atoms with Crippen LogP contribution in [0.4, 0.5) is 23.7 Å². The zero-order valence-corrected chi connectivity index (χ0v) is 25.8. The van der Waals surface area contributed by atoms with Gasteiger partial charge in [0, 0.05) is 50.4 Å². The monoisotopic (exact) mass is 616 g/mol. The van der Waals surface area contributed by atoms with Gasteiger partial charge in [-0.1, -0.05) is 19.1 Å². The lowest BCUT2D eigenvalue weighted by Crippen LogP contribution is -2.61. The molecule has 0 aliphatic carbocycles. The summed E-state index contributed by atoms with van der Waals surface area (Å²) in [5, 5.41) is 3.17. The van der Waals surface area contributed by atoms with E-state index >= 15 is 0 Å². The Balaban J connectivity index is 1.43. The van der Waals surface area contributed by atoms with Crippen LogP contribution in [0.25, 0.3) is 11.3 Å². The van der Waals surface area contributed by atoms with Gasteiger partial charge in [-0.25, -0.2) is 9.78 Å². The molecule has 3 aliphatic heterocycles. The fourth-order valence-electron chi connectivity index (χ4n) is 6.64. The Labute approximate surface area is 257 Å². The number of rotatable bonds is 7.